The third-order valence-electron chi connectivity index (χ3n) is 3.81. The molecule has 5 heteroatoms. The van der Waals surface area contributed by atoms with E-state index in [2.05, 4.69) is 0 Å². The summed E-state index contributed by atoms with van der Waals surface area (Å²) in [6.45, 7) is 2.86. The molecule has 0 spiro atoms. The van der Waals surface area contributed by atoms with Gasteiger partial charge in [0.15, 0.2) is 0 Å². The Kier molecular flexibility index (Phi) is 3.40. The predicted molar refractivity (Wildman–Crippen MR) is 76.0 cm³/mol. The number of benzene rings is 1. The smallest absolute Gasteiger partial charge is 0.243 e. The second kappa shape index (κ2) is 5.07. The molecule has 1 saturated heterocycles. The monoisotopic (exact) mass is 291 g/mol. The maximum absolute atomic E-state index is 12.7. The van der Waals surface area contributed by atoms with Crippen molar-refractivity contribution >= 4 is 10.0 Å². The van der Waals surface area contributed by atoms with E-state index in [1.54, 1.807) is 22.7 Å². The van der Waals surface area contributed by atoms with Crippen LogP contribution in [0.1, 0.15) is 23.7 Å². The van der Waals surface area contributed by atoms with Crippen LogP contribution in [0.25, 0.3) is 0 Å². The summed E-state index contributed by atoms with van der Waals surface area (Å²) in [5.74, 6) is 1.02. The minimum absolute atomic E-state index is 0.156. The standard InChI is InChI=1S/C15H17NO3S/c1-12-5-2-3-7-15(12)20(17,18)16-9-8-13(11-16)14-6-4-10-19-14/h2-7,10,13H,8-9,11H2,1H3. The van der Waals surface area contributed by atoms with E-state index < -0.39 is 10.0 Å². The Morgan fingerprint density at radius 2 is 2.00 bits per heavy atom. The molecular weight excluding hydrogens is 274 g/mol. The molecule has 0 amide bonds. The zero-order chi connectivity index (χ0) is 14.2. The summed E-state index contributed by atoms with van der Waals surface area (Å²) in [5, 5.41) is 0. The van der Waals surface area contributed by atoms with Gasteiger partial charge < -0.3 is 4.42 Å². The molecule has 1 aliphatic heterocycles. The van der Waals surface area contributed by atoms with Crippen molar-refractivity contribution < 1.29 is 12.8 Å². The molecule has 2 heterocycles. The summed E-state index contributed by atoms with van der Waals surface area (Å²) in [6.07, 6.45) is 2.44. The third-order valence-corrected chi connectivity index (χ3v) is 5.83. The number of hydrogen-bond donors (Lipinski definition) is 0. The molecule has 1 aromatic carbocycles. The van der Waals surface area contributed by atoms with E-state index in [0.29, 0.717) is 18.0 Å². The van der Waals surface area contributed by atoms with Gasteiger partial charge in [0.2, 0.25) is 10.0 Å². The van der Waals surface area contributed by atoms with Crippen LogP contribution in [0.4, 0.5) is 0 Å². The van der Waals surface area contributed by atoms with E-state index in [1.165, 1.54) is 0 Å². The fourth-order valence-electron chi connectivity index (χ4n) is 2.69. The predicted octanol–water partition coefficient (Wildman–Crippen LogP) is 2.77. The van der Waals surface area contributed by atoms with Gasteiger partial charge in [0.05, 0.1) is 11.2 Å². The number of nitrogens with zero attached hydrogens (tertiary/aromatic N) is 1. The van der Waals surface area contributed by atoms with Gasteiger partial charge in [-0.1, -0.05) is 18.2 Å². The van der Waals surface area contributed by atoms with Gasteiger partial charge in [-0.05, 0) is 37.1 Å². The Morgan fingerprint density at radius 3 is 2.70 bits per heavy atom. The van der Waals surface area contributed by atoms with E-state index in [1.807, 2.05) is 31.2 Å². The molecule has 3 rings (SSSR count). The minimum atomic E-state index is -3.40. The van der Waals surface area contributed by atoms with Crippen LogP contribution < -0.4 is 0 Å². The third kappa shape index (κ3) is 2.27. The lowest BCUT2D eigenvalue weighted by molar-refractivity contribution is 0.445. The van der Waals surface area contributed by atoms with Crippen molar-refractivity contribution in [1.29, 1.82) is 0 Å². The number of furan rings is 1. The lowest BCUT2D eigenvalue weighted by Crippen LogP contribution is -2.29. The van der Waals surface area contributed by atoms with Crippen LogP contribution >= 0.6 is 0 Å². The summed E-state index contributed by atoms with van der Waals surface area (Å²) in [5.41, 5.74) is 0.786. The van der Waals surface area contributed by atoms with Crippen molar-refractivity contribution in [3.05, 3.63) is 54.0 Å². The van der Waals surface area contributed by atoms with Gasteiger partial charge >= 0.3 is 0 Å². The van der Waals surface area contributed by atoms with Crippen molar-refractivity contribution in [2.45, 2.75) is 24.2 Å². The molecule has 0 radical (unpaired) electrons. The first-order valence-corrected chi connectivity index (χ1v) is 8.12. The Hall–Kier alpha value is -1.59. The van der Waals surface area contributed by atoms with Crippen LogP contribution in [0.3, 0.4) is 0 Å². The largest absolute Gasteiger partial charge is 0.469 e. The summed E-state index contributed by atoms with van der Waals surface area (Å²) in [6, 6.07) is 10.9. The lowest BCUT2D eigenvalue weighted by atomic mass is 10.1. The average Bonchev–Trinajstić information content (AvgIpc) is 3.10. The molecule has 0 saturated carbocycles. The van der Waals surface area contributed by atoms with Crippen LogP contribution in [-0.4, -0.2) is 25.8 Å². The Bertz CT molecular complexity index is 692. The van der Waals surface area contributed by atoms with Gasteiger partial charge in [0.25, 0.3) is 0 Å². The number of rotatable bonds is 3. The SMILES string of the molecule is Cc1ccccc1S(=O)(=O)N1CCC(c2ccco2)C1. The maximum atomic E-state index is 12.7. The quantitative estimate of drug-likeness (QED) is 0.873. The molecule has 1 atom stereocenters. The van der Waals surface area contributed by atoms with Crippen molar-refractivity contribution in [3.63, 3.8) is 0 Å². The van der Waals surface area contributed by atoms with E-state index >= 15 is 0 Å². The number of hydrogen-bond acceptors (Lipinski definition) is 3. The molecule has 2 aromatic rings. The van der Waals surface area contributed by atoms with Crippen LogP contribution in [0, 0.1) is 6.92 Å². The fourth-order valence-corrected chi connectivity index (χ4v) is 4.41. The van der Waals surface area contributed by atoms with E-state index in [9.17, 15) is 8.42 Å². The molecule has 1 fully saturated rings. The van der Waals surface area contributed by atoms with Gasteiger partial charge in [-0.15, -0.1) is 0 Å². The average molecular weight is 291 g/mol. The van der Waals surface area contributed by atoms with Crippen molar-refractivity contribution in [1.82, 2.24) is 4.31 Å². The van der Waals surface area contributed by atoms with Crippen LogP contribution in [0.15, 0.2) is 52.0 Å². The van der Waals surface area contributed by atoms with Crippen LogP contribution in [0.5, 0.6) is 0 Å². The summed E-state index contributed by atoms with van der Waals surface area (Å²) in [4.78, 5) is 0.403. The molecular formula is C15H17NO3S. The van der Waals surface area contributed by atoms with Crippen molar-refractivity contribution in [2.75, 3.05) is 13.1 Å². The van der Waals surface area contributed by atoms with E-state index in [4.69, 9.17) is 4.42 Å². The fraction of sp³-hybridized carbons (Fsp3) is 0.333. The summed E-state index contributed by atoms with van der Waals surface area (Å²) < 4.78 is 32.3. The lowest BCUT2D eigenvalue weighted by Gasteiger charge is -2.17. The number of aryl methyl sites for hydroxylation is 1. The minimum Gasteiger partial charge on any atom is -0.469 e. The summed E-state index contributed by atoms with van der Waals surface area (Å²) >= 11 is 0. The van der Waals surface area contributed by atoms with Gasteiger partial charge in [-0.3, -0.25) is 0 Å². The highest BCUT2D eigenvalue weighted by atomic mass is 32.2. The van der Waals surface area contributed by atoms with Crippen molar-refractivity contribution in [3.8, 4) is 0 Å². The van der Waals surface area contributed by atoms with Crippen LogP contribution in [-0.2, 0) is 10.0 Å². The zero-order valence-electron chi connectivity index (χ0n) is 11.3. The number of sulfonamides is 1. The first-order valence-electron chi connectivity index (χ1n) is 6.68. The molecule has 20 heavy (non-hydrogen) atoms. The zero-order valence-corrected chi connectivity index (χ0v) is 12.1. The van der Waals surface area contributed by atoms with Gasteiger partial charge in [-0.2, -0.15) is 4.31 Å². The highest BCUT2D eigenvalue weighted by Crippen LogP contribution is 2.31. The first-order chi connectivity index (χ1) is 9.59. The highest BCUT2D eigenvalue weighted by Gasteiger charge is 2.34. The second-order valence-electron chi connectivity index (χ2n) is 5.13. The molecule has 0 bridgehead atoms. The van der Waals surface area contributed by atoms with Gasteiger partial charge in [-0.25, -0.2) is 8.42 Å². The molecule has 106 valence electrons. The van der Waals surface area contributed by atoms with Crippen molar-refractivity contribution in [2.24, 2.45) is 0 Å². The molecule has 1 aliphatic rings. The highest BCUT2D eigenvalue weighted by molar-refractivity contribution is 7.89. The molecule has 4 nitrogen and oxygen atoms in total. The molecule has 1 aromatic heterocycles. The molecule has 0 N–H and O–H groups in total. The van der Waals surface area contributed by atoms with Crippen LogP contribution in [0.2, 0.25) is 0 Å². The second-order valence-corrected chi connectivity index (χ2v) is 7.04. The van der Waals surface area contributed by atoms with Gasteiger partial charge in [0, 0.05) is 19.0 Å². The topological polar surface area (TPSA) is 50.5 Å². The van der Waals surface area contributed by atoms with E-state index in [-0.39, 0.29) is 5.92 Å². The molecule has 0 aliphatic carbocycles. The Balaban J connectivity index is 1.85. The maximum Gasteiger partial charge on any atom is 0.243 e. The molecule has 1 unspecified atom stereocenters. The van der Waals surface area contributed by atoms with Gasteiger partial charge in [0.1, 0.15) is 5.76 Å². The van der Waals surface area contributed by atoms with E-state index in [0.717, 1.165) is 17.7 Å². The first kappa shape index (κ1) is 13.4. The normalized spacial score (nSPS) is 20.4. The Labute approximate surface area is 119 Å². The Morgan fingerprint density at radius 1 is 1.20 bits per heavy atom. The summed E-state index contributed by atoms with van der Waals surface area (Å²) in [7, 11) is -3.40.